The molecule has 2 aromatic rings. The normalized spacial score (nSPS) is 14.0. The van der Waals surface area contributed by atoms with Gasteiger partial charge in [0.25, 0.3) is 5.91 Å². The van der Waals surface area contributed by atoms with E-state index in [2.05, 4.69) is 10.1 Å². The summed E-state index contributed by atoms with van der Waals surface area (Å²) in [5, 5.41) is 3.91. The number of rotatable bonds is 5. The molecule has 26 heavy (non-hydrogen) atoms. The van der Waals surface area contributed by atoms with Gasteiger partial charge in [-0.1, -0.05) is 5.16 Å². The molecule has 8 nitrogen and oxygen atoms in total. The van der Waals surface area contributed by atoms with E-state index in [0.29, 0.717) is 50.1 Å². The van der Waals surface area contributed by atoms with Crippen LogP contribution in [-0.4, -0.2) is 54.3 Å². The highest BCUT2D eigenvalue weighted by Gasteiger charge is 2.19. The Bertz CT molecular complexity index is 746. The van der Waals surface area contributed by atoms with Gasteiger partial charge in [-0.05, 0) is 30.7 Å². The first kappa shape index (κ1) is 20.2. The summed E-state index contributed by atoms with van der Waals surface area (Å²) in [6, 6.07) is 5.73. The minimum atomic E-state index is 0. The number of hydrogen-bond acceptors (Lipinski definition) is 7. The molecule has 1 aliphatic heterocycles. The number of carbonyl (C=O) groups excluding carboxylic acids is 1. The number of hydrogen-bond donors (Lipinski definition) is 1. The molecular formula is C17H24ClN5O3. The average Bonchev–Trinajstić information content (AvgIpc) is 3.09. The molecule has 0 atom stereocenters. The van der Waals surface area contributed by atoms with E-state index < -0.39 is 0 Å². The highest BCUT2D eigenvalue weighted by molar-refractivity contribution is 5.95. The molecule has 2 heterocycles. The van der Waals surface area contributed by atoms with Crippen LogP contribution in [0, 0.1) is 6.92 Å². The fraction of sp³-hybridized carbons (Fsp3) is 0.471. The maximum atomic E-state index is 12.6. The van der Waals surface area contributed by atoms with E-state index in [1.165, 1.54) is 0 Å². The molecule has 9 heteroatoms. The lowest BCUT2D eigenvalue weighted by molar-refractivity contribution is 0.0303. The van der Waals surface area contributed by atoms with Gasteiger partial charge in [-0.3, -0.25) is 4.79 Å². The molecule has 1 aliphatic rings. The number of benzene rings is 1. The Hall–Kier alpha value is -2.16. The van der Waals surface area contributed by atoms with Gasteiger partial charge in [0, 0.05) is 31.4 Å². The third-order valence-electron chi connectivity index (χ3n) is 4.22. The van der Waals surface area contributed by atoms with Gasteiger partial charge in [0.2, 0.25) is 5.89 Å². The highest BCUT2D eigenvalue weighted by Crippen LogP contribution is 2.22. The fourth-order valence-corrected chi connectivity index (χ4v) is 2.90. The largest absolute Gasteiger partial charge is 0.378 e. The van der Waals surface area contributed by atoms with Gasteiger partial charge < -0.3 is 24.8 Å². The van der Waals surface area contributed by atoms with Crippen LogP contribution < -0.4 is 10.6 Å². The molecule has 1 aromatic heterocycles. The smallest absolute Gasteiger partial charge is 0.254 e. The van der Waals surface area contributed by atoms with E-state index in [-0.39, 0.29) is 24.9 Å². The lowest BCUT2D eigenvalue weighted by Crippen LogP contribution is -2.40. The Kier molecular flexibility index (Phi) is 6.96. The van der Waals surface area contributed by atoms with Crippen LogP contribution in [-0.2, 0) is 17.8 Å². The summed E-state index contributed by atoms with van der Waals surface area (Å²) in [5.74, 6) is 1.05. The molecule has 0 bridgehead atoms. The molecule has 0 unspecified atom stereocenters. The second-order valence-corrected chi connectivity index (χ2v) is 6.07. The molecular weight excluding hydrogens is 358 g/mol. The van der Waals surface area contributed by atoms with Crippen LogP contribution in [0.5, 0.6) is 0 Å². The highest BCUT2D eigenvalue weighted by atomic mass is 35.5. The molecule has 0 spiro atoms. The third kappa shape index (κ3) is 4.51. The minimum absolute atomic E-state index is 0. The van der Waals surface area contributed by atoms with Crippen LogP contribution in [0.15, 0.2) is 22.7 Å². The number of ether oxygens (including phenoxy) is 1. The van der Waals surface area contributed by atoms with Crippen molar-refractivity contribution >= 4 is 24.0 Å². The number of aromatic nitrogens is 2. The lowest BCUT2D eigenvalue weighted by Gasteiger charge is -2.27. The lowest BCUT2D eigenvalue weighted by atomic mass is 10.1. The number of aryl methyl sites for hydroxylation is 1. The molecule has 142 valence electrons. The monoisotopic (exact) mass is 381 g/mol. The van der Waals surface area contributed by atoms with Crippen molar-refractivity contribution in [2.24, 2.45) is 5.73 Å². The van der Waals surface area contributed by atoms with E-state index in [1.807, 2.05) is 42.0 Å². The van der Waals surface area contributed by atoms with E-state index in [4.69, 9.17) is 15.0 Å². The summed E-state index contributed by atoms with van der Waals surface area (Å²) in [5.41, 5.74) is 8.21. The van der Waals surface area contributed by atoms with Gasteiger partial charge in [-0.2, -0.15) is 4.98 Å². The van der Waals surface area contributed by atoms with E-state index >= 15 is 0 Å². The molecule has 2 N–H and O–H groups in total. The predicted molar refractivity (Wildman–Crippen MR) is 99.4 cm³/mol. The SMILES string of the molecule is Cc1cc(C(=O)N2CCOCC2)ccc1N(C)Cc1noc(CN)n1.Cl. The van der Waals surface area contributed by atoms with Gasteiger partial charge in [0.15, 0.2) is 5.82 Å². The Morgan fingerprint density at radius 3 is 2.69 bits per heavy atom. The number of carbonyl (C=O) groups is 1. The topological polar surface area (TPSA) is 97.7 Å². The van der Waals surface area contributed by atoms with Gasteiger partial charge >= 0.3 is 0 Å². The van der Waals surface area contributed by atoms with Crippen LogP contribution in [0.1, 0.15) is 27.6 Å². The first-order chi connectivity index (χ1) is 12.1. The molecule has 1 saturated heterocycles. The van der Waals surface area contributed by atoms with E-state index in [0.717, 1.165) is 11.3 Å². The number of anilines is 1. The summed E-state index contributed by atoms with van der Waals surface area (Å²) < 4.78 is 10.3. The van der Waals surface area contributed by atoms with Gasteiger partial charge in [0.05, 0.1) is 26.3 Å². The number of halogens is 1. The molecule has 0 aliphatic carbocycles. The van der Waals surface area contributed by atoms with Crippen molar-refractivity contribution in [3.05, 3.63) is 41.0 Å². The van der Waals surface area contributed by atoms with E-state index in [9.17, 15) is 4.79 Å². The van der Waals surface area contributed by atoms with Crippen molar-refractivity contribution in [3.63, 3.8) is 0 Å². The zero-order valence-electron chi connectivity index (χ0n) is 15.0. The second-order valence-electron chi connectivity index (χ2n) is 6.07. The standard InChI is InChI=1S/C17H23N5O3.ClH/c1-12-9-13(17(23)22-5-7-24-8-6-22)3-4-14(12)21(2)11-15-19-16(10-18)25-20-15;/h3-4,9H,5-8,10-11,18H2,1-2H3;1H. The number of nitrogens with two attached hydrogens (primary N) is 1. The Morgan fingerprint density at radius 2 is 2.08 bits per heavy atom. The molecule has 1 amide bonds. The van der Waals surface area contributed by atoms with E-state index in [1.54, 1.807) is 0 Å². The first-order valence-electron chi connectivity index (χ1n) is 8.29. The van der Waals surface area contributed by atoms with Crippen molar-refractivity contribution in [3.8, 4) is 0 Å². The maximum Gasteiger partial charge on any atom is 0.254 e. The number of morpholine rings is 1. The molecule has 1 aromatic carbocycles. The quantitative estimate of drug-likeness (QED) is 0.835. The molecule has 3 rings (SSSR count). The summed E-state index contributed by atoms with van der Waals surface area (Å²) in [6.07, 6.45) is 0. The van der Waals surface area contributed by atoms with Crippen molar-refractivity contribution in [2.45, 2.75) is 20.0 Å². The minimum Gasteiger partial charge on any atom is -0.378 e. The van der Waals surface area contributed by atoms with Gasteiger partial charge in [-0.25, -0.2) is 0 Å². The van der Waals surface area contributed by atoms with Crippen molar-refractivity contribution in [1.82, 2.24) is 15.0 Å². The average molecular weight is 382 g/mol. The Morgan fingerprint density at radius 1 is 1.35 bits per heavy atom. The summed E-state index contributed by atoms with van der Waals surface area (Å²) in [7, 11) is 1.95. The third-order valence-corrected chi connectivity index (χ3v) is 4.22. The second kappa shape index (κ2) is 8.98. The fourth-order valence-electron chi connectivity index (χ4n) is 2.90. The van der Waals surface area contributed by atoms with Crippen LogP contribution >= 0.6 is 12.4 Å². The van der Waals surface area contributed by atoms with Crippen molar-refractivity contribution < 1.29 is 14.1 Å². The van der Waals surface area contributed by atoms with Gasteiger partial charge in [-0.15, -0.1) is 12.4 Å². The molecule has 0 saturated carbocycles. The molecule has 1 fully saturated rings. The number of amides is 1. The van der Waals surface area contributed by atoms with Gasteiger partial charge in [0.1, 0.15) is 0 Å². The van der Waals surface area contributed by atoms with Crippen LogP contribution in [0.2, 0.25) is 0 Å². The van der Waals surface area contributed by atoms with Crippen molar-refractivity contribution in [2.75, 3.05) is 38.3 Å². The van der Waals surface area contributed by atoms with Crippen LogP contribution in [0.3, 0.4) is 0 Å². The van der Waals surface area contributed by atoms with Crippen molar-refractivity contribution in [1.29, 1.82) is 0 Å². The summed E-state index contributed by atoms with van der Waals surface area (Å²) in [6.45, 7) is 5.20. The van der Waals surface area contributed by atoms with Crippen LogP contribution in [0.25, 0.3) is 0 Å². The zero-order valence-corrected chi connectivity index (χ0v) is 15.8. The zero-order chi connectivity index (χ0) is 17.8. The predicted octanol–water partition coefficient (Wildman–Crippen LogP) is 1.37. The van der Waals surface area contributed by atoms with Crippen LogP contribution in [0.4, 0.5) is 5.69 Å². The maximum absolute atomic E-state index is 12.6. The molecule has 0 radical (unpaired) electrons. The number of nitrogens with zero attached hydrogens (tertiary/aromatic N) is 4. The Balaban J connectivity index is 0.00000243. The first-order valence-corrected chi connectivity index (χ1v) is 8.29. The summed E-state index contributed by atoms with van der Waals surface area (Å²) in [4.78, 5) is 20.6. The summed E-state index contributed by atoms with van der Waals surface area (Å²) >= 11 is 0. The Labute approximate surface area is 158 Å².